The van der Waals surface area contributed by atoms with Crippen LogP contribution in [0.25, 0.3) is 4.25 Å². The van der Waals surface area contributed by atoms with E-state index in [1.165, 1.54) is 20.1 Å². The smallest absolute Gasteiger partial charge is 0.307 e. The summed E-state index contributed by atoms with van der Waals surface area (Å²) >= 11 is 0.429. The van der Waals surface area contributed by atoms with E-state index in [-0.39, 0.29) is 41.5 Å². The van der Waals surface area contributed by atoms with Crippen molar-refractivity contribution >= 4 is 57.9 Å². The predicted octanol–water partition coefficient (Wildman–Crippen LogP) is 6.15. The first-order chi connectivity index (χ1) is 19.4. The van der Waals surface area contributed by atoms with E-state index < -0.39 is 33.1 Å². The van der Waals surface area contributed by atoms with Crippen LogP contribution in [0.1, 0.15) is 27.2 Å². The third-order valence-electron chi connectivity index (χ3n) is 5.25. The van der Waals surface area contributed by atoms with Gasteiger partial charge in [-0.1, -0.05) is 6.58 Å². The van der Waals surface area contributed by atoms with E-state index in [0.29, 0.717) is 41.6 Å². The molecule has 0 bridgehead atoms. The van der Waals surface area contributed by atoms with Crippen LogP contribution in [0.15, 0.2) is 51.5 Å². The van der Waals surface area contributed by atoms with Crippen molar-refractivity contribution in [3.8, 4) is 5.75 Å². The molecule has 0 unspecified atom stereocenters. The number of rotatable bonds is 14. The lowest BCUT2D eigenvalue weighted by molar-refractivity contribution is -0.395. The van der Waals surface area contributed by atoms with Crippen molar-refractivity contribution in [2.75, 3.05) is 37.0 Å². The zero-order valence-corrected chi connectivity index (χ0v) is 23.5. The molecule has 0 radical (unpaired) electrons. The van der Waals surface area contributed by atoms with Crippen LogP contribution in [0, 0.1) is 26.8 Å². The molecule has 0 fully saturated rings. The molecule has 2 aromatic carbocycles. The van der Waals surface area contributed by atoms with Gasteiger partial charge in [0.2, 0.25) is 5.91 Å². The minimum absolute atomic E-state index is 0.0600. The Labute approximate surface area is 239 Å². The highest BCUT2D eigenvalue weighted by Gasteiger charge is 2.27. The fourth-order valence-corrected chi connectivity index (χ4v) is 3.93. The number of ether oxygens (including phenoxy) is 2. The van der Waals surface area contributed by atoms with Gasteiger partial charge in [0.1, 0.15) is 18.0 Å². The van der Waals surface area contributed by atoms with E-state index in [0.717, 1.165) is 6.07 Å². The fraction of sp³-hybridized carbons (Fsp3) is 0.320. The molecule has 0 spiro atoms. The SMILES string of the molecule is [C-]#[N+]Sc1cc(N=Nc2cc(OC)c(N(CC)CCC(=O)OCC(=C)C)cc2NC(C)=O)c([N+](=O)[O-])cc1[N+](=O)[O-]. The lowest BCUT2D eigenvalue weighted by Gasteiger charge is -2.26. The van der Waals surface area contributed by atoms with E-state index >= 15 is 0 Å². The summed E-state index contributed by atoms with van der Waals surface area (Å²) in [5.41, 5.74) is -0.197. The molecule has 0 saturated carbocycles. The van der Waals surface area contributed by atoms with Gasteiger partial charge in [0.25, 0.3) is 5.69 Å². The lowest BCUT2D eigenvalue weighted by atomic mass is 10.2. The Kier molecular flexibility index (Phi) is 11.7. The summed E-state index contributed by atoms with van der Waals surface area (Å²) in [5, 5.41) is 33.6. The van der Waals surface area contributed by atoms with E-state index in [1.807, 2.05) is 11.8 Å². The number of nitrogens with one attached hydrogen (secondary N) is 1. The highest BCUT2D eigenvalue weighted by molar-refractivity contribution is 8.01. The van der Waals surface area contributed by atoms with E-state index in [9.17, 15) is 29.8 Å². The molecule has 0 heterocycles. The number of esters is 1. The predicted molar refractivity (Wildman–Crippen MR) is 152 cm³/mol. The van der Waals surface area contributed by atoms with Crippen LogP contribution in [0.4, 0.5) is 34.1 Å². The second-order valence-corrected chi connectivity index (χ2v) is 9.18. The van der Waals surface area contributed by atoms with Crippen molar-refractivity contribution in [2.24, 2.45) is 10.2 Å². The minimum Gasteiger partial charge on any atom is -0.494 e. The number of carbonyl (C=O) groups is 2. The number of anilines is 2. The molecule has 1 N–H and O–H groups in total. The standard InChI is InChI=1S/C25H27N7O8S/c1-7-30(9-8-25(34)40-14-15(2)3)21-10-17(27-16(4)33)18(11-23(21)39-6)28-29-19-12-24(41-26-5)22(32(37)38)13-20(19)31(35)36/h10-13H,2,7-9,14H2,1,3-4,6H3,(H,27,33). The van der Waals surface area contributed by atoms with Crippen LogP contribution in [-0.2, 0) is 14.3 Å². The minimum atomic E-state index is -0.855. The number of nitrogens with zero attached hydrogens (tertiary/aromatic N) is 6. The Morgan fingerprint density at radius 2 is 1.78 bits per heavy atom. The fourth-order valence-electron chi connectivity index (χ4n) is 3.44. The maximum Gasteiger partial charge on any atom is 0.307 e. The molecular weight excluding hydrogens is 558 g/mol. The first kappa shape index (κ1) is 32.2. The Hall–Kier alpha value is -5.04. The van der Waals surface area contributed by atoms with E-state index in [1.54, 1.807) is 13.0 Å². The van der Waals surface area contributed by atoms with Crippen molar-refractivity contribution in [3.05, 3.63) is 67.5 Å². The van der Waals surface area contributed by atoms with E-state index in [2.05, 4.69) is 26.4 Å². The van der Waals surface area contributed by atoms with Crippen LogP contribution < -0.4 is 15.0 Å². The normalized spacial score (nSPS) is 10.5. The number of azo groups is 1. The molecule has 0 aliphatic heterocycles. The van der Waals surface area contributed by atoms with Gasteiger partial charge in [-0.05, 0) is 25.5 Å². The van der Waals surface area contributed by atoms with Gasteiger partial charge in [0.15, 0.2) is 10.6 Å². The number of hydrogen-bond acceptors (Lipinski definition) is 12. The first-order valence-corrected chi connectivity index (χ1v) is 12.7. The number of hydrogen-bond donors (Lipinski definition) is 1. The maximum absolute atomic E-state index is 12.1. The van der Waals surface area contributed by atoms with Crippen molar-refractivity contribution in [1.29, 1.82) is 0 Å². The molecule has 0 aromatic heterocycles. The van der Waals surface area contributed by atoms with Gasteiger partial charge in [0.05, 0.1) is 40.8 Å². The molecule has 16 heteroatoms. The number of nitro benzene ring substituents is 2. The number of nitro groups is 2. The highest BCUT2D eigenvalue weighted by atomic mass is 32.2. The van der Waals surface area contributed by atoms with Gasteiger partial charge in [-0.15, -0.1) is 10.2 Å². The highest BCUT2D eigenvalue weighted by Crippen LogP contribution is 2.43. The molecule has 2 aromatic rings. The van der Waals surface area contributed by atoms with Gasteiger partial charge in [0, 0.05) is 32.1 Å². The van der Waals surface area contributed by atoms with Gasteiger partial charge >= 0.3 is 23.6 Å². The molecule has 0 saturated heterocycles. The van der Waals surface area contributed by atoms with Gasteiger partial charge in [-0.3, -0.25) is 29.8 Å². The van der Waals surface area contributed by atoms with Crippen LogP contribution >= 0.6 is 11.9 Å². The number of methoxy groups -OCH3 is 1. The Morgan fingerprint density at radius 1 is 1.12 bits per heavy atom. The Balaban J connectivity index is 2.56. The molecule has 0 aliphatic carbocycles. The molecule has 1 amide bonds. The second-order valence-electron chi connectivity index (χ2n) is 8.38. The summed E-state index contributed by atoms with van der Waals surface area (Å²) < 4.78 is 13.7. The average molecular weight is 586 g/mol. The Morgan fingerprint density at radius 3 is 2.32 bits per heavy atom. The third-order valence-corrected chi connectivity index (χ3v) is 5.87. The molecule has 15 nitrogen and oxygen atoms in total. The monoisotopic (exact) mass is 585 g/mol. The van der Waals surface area contributed by atoms with Crippen LogP contribution in [0.2, 0.25) is 0 Å². The summed E-state index contributed by atoms with van der Waals surface area (Å²) in [5.74, 6) is -0.563. The summed E-state index contributed by atoms with van der Waals surface area (Å²) in [6.07, 6.45) is 0.0654. The van der Waals surface area contributed by atoms with Crippen molar-refractivity contribution in [1.82, 2.24) is 0 Å². The zero-order valence-electron chi connectivity index (χ0n) is 22.7. The summed E-state index contributed by atoms with van der Waals surface area (Å²) in [6.45, 7) is 16.4. The molecule has 216 valence electrons. The molecule has 0 aliphatic rings. The number of amides is 1. The van der Waals surface area contributed by atoms with Gasteiger partial charge in [-0.2, -0.15) is 0 Å². The second kappa shape index (κ2) is 14.9. The topological polar surface area (TPSA) is 183 Å². The van der Waals surface area contributed by atoms with Crippen molar-refractivity contribution in [2.45, 2.75) is 32.1 Å². The first-order valence-electron chi connectivity index (χ1n) is 11.9. The third kappa shape index (κ3) is 9.00. The number of benzene rings is 2. The largest absolute Gasteiger partial charge is 0.494 e. The van der Waals surface area contributed by atoms with Crippen LogP contribution in [0.5, 0.6) is 5.75 Å². The average Bonchev–Trinajstić information content (AvgIpc) is 2.91. The van der Waals surface area contributed by atoms with E-state index in [4.69, 9.17) is 16.0 Å². The molecule has 2 rings (SSSR count). The molecule has 0 atom stereocenters. The van der Waals surface area contributed by atoms with Crippen LogP contribution in [0.3, 0.4) is 0 Å². The molecule has 41 heavy (non-hydrogen) atoms. The van der Waals surface area contributed by atoms with Gasteiger partial charge < -0.3 is 19.7 Å². The summed E-state index contributed by atoms with van der Waals surface area (Å²) in [6, 6.07) is 4.73. The lowest BCUT2D eigenvalue weighted by Crippen LogP contribution is -2.27. The zero-order chi connectivity index (χ0) is 30.7. The quantitative estimate of drug-likeness (QED) is 0.0513. The summed E-state index contributed by atoms with van der Waals surface area (Å²) in [4.78, 5) is 47.1. The maximum atomic E-state index is 12.1. The summed E-state index contributed by atoms with van der Waals surface area (Å²) in [7, 11) is 1.40. The Bertz CT molecular complexity index is 1440. The van der Waals surface area contributed by atoms with Crippen molar-refractivity contribution in [3.63, 3.8) is 0 Å². The molecular formula is C25H27N7O8S. The number of carbonyl (C=O) groups excluding carboxylic acids is 2. The van der Waals surface area contributed by atoms with Crippen molar-refractivity contribution < 1.29 is 28.9 Å². The van der Waals surface area contributed by atoms with Gasteiger partial charge in [-0.25, -0.2) is 10.8 Å². The van der Waals surface area contributed by atoms with Crippen LogP contribution in [-0.4, -0.2) is 48.5 Å².